The summed E-state index contributed by atoms with van der Waals surface area (Å²) in [6.45, 7) is 7.67. The van der Waals surface area contributed by atoms with Crippen molar-refractivity contribution in [1.29, 1.82) is 0 Å². The molecule has 0 spiro atoms. The molecule has 0 aliphatic rings. The summed E-state index contributed by atoms with van der Waals surface area (Å²) in [5, 5.41) is 2.46. The summed E-state index contributed by atoms with van der Waals surface area (Å²) in [5.74, 6) is 1.93. The SMILES string of the molecule is C=CCCCCCCCCCOc1ccc2cc(/C=C/c3ccc(OCCCCCCCCCC)cc3)ccc2c1. The maximum Gasteiger partial charge on any atom is 0.119 e. The zero-order valence-electron chi connectivity index (χ0n) is 25.8. The van der Waals surface area contributed by atoms with Crippen LogP contribution in [-0.4, -0.2) is 13.2 Å². The van der Waals surface area contributed by atoms with Crippen LogP contribution in [0.1, 0.15) is 121 Å². The van der Waals surface area contributed by atoms with Crippen LogP contribution in [-0.2, 0) is 0 Å². The van der Waals surface area contributed by atoms with E-state index in [1.54, 1.807) is 0 Å². The predicted molar refractivity (Wildman–Crippen MR) is 180 cm³/mol. The third kappa shape index (κ3) is 14.0. The Balaban J connectivity index is 1.33. The van der Waals surface area contributed by atoms with Crippen LogP contribution in [0.5, 0.6) is 11.5 Å². The lowest BCUT2D eigenvalue weighted by Gasteiger charge is -2.08. The van der Waals surface area contributed by atoms with Crippen molar-refractivity contribution in [2.45, 2.75) is 110 Å². The van der Waals surface area contributed by atoms with Crippen LogP contribution in [0.3, 0.4) is 0 Å². The molecule has 0 heterocycles. The van der Waals surface area contributed by atoms with Crippen molar-refractivity contribution < 1.29 is 9.47 Å². The molecule has 222 valence electrons. The predicted octanol–water partition coefficient (Wildman–Crippen LogP) is 12.2. The summed E-state index contributed by atoms with van der Waals surface area (Å²) < 4.78 is 12.0. The second kappa shape index (κ2) is 20.8. The smallest absolute Gasteiger partial charge is 0.119 e. The molecule has 0 fully saturated rings. The second-order valence-electron chi connectivity index (χ2n) is 11.4. The maximum absolute atomic E-state index is 6.04. The van der Waals surface area contributed by atoms with Crippen molar-refractivity contribution in [2.24, 2.45) is 0 Å². The van der Waals surface area contributed by atoms with Crippen LogP contribution in [0, 0.1) is 0 Å². The Kier molecular flexibility index (Phi) is 16.5. The molecule has 2 nitrogen and oxygen atoms in total. The average molecular weight is 555 g/mol. The molecule has 0 saturated carbocycles. The van der Waals surface area contributed by atoms with Gasteiger partial charge in [0.2, 0.25) is 0 Å². The third-order valence-electron chi connectivity index (χ3n) is 7.77. The summed E-state index contributed by atoms with van der Waals surface area (Å²) >= 11 is 0. The minimum atomic E-state index is 0.797. The molecular formula is C39H54O2. The molecular weight excluding hydrogens is 500 g/mol. The van der Waals surface area contributed by atoms with Gasteiger partial charge >= 0.3 is 0 Å². The maximum atomic E-state index is 6.04. The Morgan fingerprint density at radius 3 is 1.66 bits per heavy atom. The van der Waals surface area contributed by atoms with Gasteiger partial charge in [-0.2, -0.15) is 0 Å². The Morgan fingerprint density at radius 2 is 1.00 bits per heavy atom. The van der Waals surface area contributed by atoms with Crippen LogP contribution in [0.15, 0.2) is 73.3 Å². The summed E-state index contributed by atoms with van der Waals surface area (Å²) in [6, 6.07) is 21.5. The highest BCUT2D eigenvalue weighted by Crippen LogP contribution is 2.24. The van der Waals surface area contributed by atoms with E-state index in [-0.39, 0.29) is 0 Å². The molecule has 0 saturated heterocycles. The zero-order chi connectivity index (χ0) is 28.8. The van der Waals surface area contributed by atoms with E-state index >= 15 is 0 Å². The molecule has 0 aliphatic heterocycles. The van der Waals surface area contributed by atoms with Gasteiger partial charge in [-0.1, -0.05) is 133 Å². The molecule has 0 bridgehead atoms. The molecule has 3 aromatic carbocycles. The van der Waals surface area contributed by atoms with Gasteiger partial charge in [0.05, 0.1) is 13.2 Å². The lowest BCUT2D eigenvalue weighted by molar-refractivity contribution is 0.304. The molecule has 0 aromatic heterocycles. The van der Waals surface area contributed by atoms with E-state index in [0.29, 0.717) is 0 Å². The normalized spacial score (nSPS) is 11.3. The van der Waals surface area contributed by atoms with Crippen LogP contribution in [0.2, 0.25) is 0 Å². The topological polar surface area (TPSA) is 18.5 Å². The number of rotatable bonds is 23. The minimum absolute atomic E-state index is 0.797. The van der Waals surface area contributed by atoms with Crippen LogP contribution in [0.25, 0.3) is 22.9 Å². The number of hydrogen-bond donors (Lipinski definition) is 0. The van der Waals surface area contributed by atoms with Crippen molar-refractivity contribution in [3.8, 4) is 11.5 Å². The van der Waals surface area contributed by atoms with Crippen molar-refractivity contribution >= 4 is 22.9 Å². The van der Waals surface area contributed by atoms with Crippen molar-refractivity contribution in [2.75, 3.05) is 13.2 Å². The number of allylic oxidation sites excluding steroid dienone is 1. The number of ether oxygens (including phenoxy) is 2. The molecule has 41 heavy (non-hydrogen) atoms. The van der Waals surface area contributed by atoms with Crippen molar-refractivity contribution in [1.82, 2.24) is 0 Å². The van der Waals surface area contributed by atoms with E-state index in [0.717, 1.165) is 44.0 Å². The van der Waals surface area contributed by atoms with E-state index in [1.807, 2.05) is 6.08 Å². The quantitative estimate of drug-likeness (QED) is 0.0659. The first-order valence-electron chi connectivity index (χ1n) is 16.5. The van der Waals surface area contributed by atoms with Gasteiger partial charge in [0.25, 0.3) is 0 Å². The minimum Gasteiger partial charge on any atom is -0.494 e. The number of hydrogen-bond acceptors (Lipinski definition) is 2. The van der Waals surface area contributed by atoms with E-state index < -0.39 is 0 Å². The molecule has 3 aromatic rings. The molecule has 3 rings (SSSR count). The third-order valence-corrected chi connectivity index (χ3v) is 7.77. The van der Waals surface area contributed by atoms with E-state index in [9.17, 15) is 0 Å². The first-order chi connectivity index (χ1) is 20.3. The lowest BCUT2D eigenvalue weighted by atomic mass is 10.1. The molecule has 0 radical (unpaired) electrons. The second-order valence-corrected chi connectivity index (χ2v) is 11.4. The fraction of sp³-hybridized carbons (Fsp3) is 0.487. The monoisotopic (exact) mass is 554 g/mol. The van der Waals surface area contributed by atoms with Gasteiger partial charge in [0.1, 0.15) is 11.5 Å². The number of benzene rings is 3. The summed E-state index contributed by atoms with van der Waals surface area (Å²) in [5.41, 5.74) is 2.38. The van der Waals surface area contributed by atoms with E-state index in [4.69, 9.17) is 9.47 Å². The van der Waals surface area contributed by atoms with Gasteiger partial charge in [0.15, 0.2) is 0 Å². The highest BCUT2D eigenvalue weighted by atomic mass is 16.5. The Bertz CT molecular complexity index is 1130. The number of fused-ring (bicyclic) bond motifs is 1. The fourth-order valence-electron chi connectivity index (χ4n) is 5.19. The Labute approximate surface area is 250 Å². The molecule has 2 heteroatoms. The van der Waals surface area contributed by atoms with Crippen LogP contribution >= 0.6 is 0 Å². The largest absolute Gasteiger partial charge is 0.494 e. The molecule has 0 amide bonds. The number of unbranched alkanes of at least 4 members (excludes halogenated alkanes) is 14. The Morgan fingerprint density at radius 1 is 0.512 bits per heavy atom. The van der Waals surface area contributed by atoms with Gasteiger partial charge in [-0.15, -0.1) is 6.58 Å². The summed E-state index contributed by atoms with van der Waals surface area (Å²) in [4.78, 5) is 0. The van der Waals surface area contributed by atoms with Crippen molar-refractivity contribution in [3.05, 3.63) is 84.4 Å². The molecule has 0 unspecified atom stereocenters. The molecule has 0 aliphatic carbocycles. The van der Waals surface area contributed by atoms with E-state index in [2.05, 4.69) is 86.3 Å². The van der Waals surface area contributed by atoms with Crippen LogP contribution < -0.4 is 9.47 Å². The van der Waals surface area contributed by atoms with Crippen molar-refractivity contribution in [3.63, 3.8) is 0 Å². The molecule has 0 atom stereocenters. The first-order valence-corrected chi connectivity index (χ1v) is 16.5. The van der Waals surface area contributed by atoms with Crippen LogP contribution in [0.4, 0.5) is 0 Å². The van der Waals surface area contributed by atoms with Gasteiger partial charge < -0.3 is 9.47 Å². The lowest BCUT2D eigenvalue weighted by Crippen LogP contribution is -1.97. The highest BCUT2D eigenvalue weighted by Gasteiger charge is 2.00. The summed E-state index contributed by atoms with van der Waals surface area (Å²) in [7, 11) is 0. The molecule has 0 N–H and O–H groups in total. The van der Waals surface area contributed by atoms with E-state index in [1.165, 1.54) is 105 Å². The van der Waals surface area contributed by atoms with Gasteiger partial charge in [0, 0.05) is 0 Å². The standard InChI is InChI=1S/C39H54O2/c1-3-5-7-9-11-13-15-17-19-31-41-39-29-26-36-32-35(22-25-37(36)33-39)21-20-34-23-27-38(28-24-34)40-30-18-16-14-12-10-8-6-4-2/h3,20-29,32-33H,1,4-19,30-31H2,2H3/b21-20+. The average Bonchev–Trinajstić information content (AvgIpc) is 3.00. The summed E-state index contributed by atoms with van der Waals surface area (Å²) in [6.07, 6.45) is 27.1. The fourth-order valence-corrected chi connectivity index (χ4v) is 5.19. The van der Waals surface area contributed by atoms with Gasteiger partial charge in [-0.25, -0.2) is 0 Å². The van der Waals surface area contributed by atoms with Gasteiger partial charge in [-0.3, -0.25) is 0 Å². The van der Waals surface area contributed by atoms with Gasteiger partial charge in [-0.05, 0) is 77.9 Å². The Hall–Kier alpha value is -3.00. The first kappa shape index (κ1) is 32.5. The zero-order valence-corrected chi connectivity index (χ0v) is 25.8. The highest BCUT2D eigenvalue weighted by molar-refractivity contribution is 5.87.